The number of hydrogen-bond donors (Lipinski definition) is 3. The van der Waals surface area contributed by atoms with Gasteiger partial charge in [0, 0.05) is 26.2 Å². The fraction of sp³-hybridized carbons (Fsp3) is 0.121. The van der Waals surface area contributed by atoms with Crippen LogP contribution in [0.5, 0.6) is 0 Å². The average Bonchev–Trinajstić information content (AvgIpc) is 3.00. The van der Waals surface area contributed by atoms with Gasteiger partial charge in [-0.25, -0.2) is 0 Å². The van der Waals surface area contributed by atoms with Crippen molar-refractivity contribution in [2.24, 2.45) is 0 Å². The van der Waals surface area contributed by atoms with Crippen molar-refractivity contribution in [1.82, 2.24) is 5.32 Å². The SMILES string of the molecule is CCC(Sc1cccc(NC(=O)/C(=C/c2cccc(Cl)c2)NC(=O)c2ccccc2)c1)C(=O)Nc1ccc(Cl)cc1C(F)(F)F. The molecule has 0 spiro atoms. The number of rotatable bonds is 10. The number of carbonyl (C=O) groups excluding carboxylic acids is 3. The molecule has 4 aromatic carbocycles. The summed E-state index contributed by atoms with van der Waals surface area (Å²) < 4.78 is 40.6. The smallest absolute Gasteiger partial charge is 0.325 e. The van der Waals surface area contributed by atoms with Crippen LogP contribution >= 0.6 is 35.0 Å². The monoisotopic (exact) mass is 671 g/mol. The molecule has 1 unspecified atom stereocenters. The maximum absolute atomic E-state index is 13.5. The van der Waals surface area contributed by atoms with Crippen molar-refractivity contribution in [3.8, 4) is 0 Å². The van der Waals surface area contributed by atoms with Crippen molar-refractivity contribution >= 4 is 70.1 Å². The van der Waals surface area contributed by atoms with Crippen molar-refractivity contribution in [1.29, 1.82) is 0 Å². The van der Waals surface area contributed by atoms with Gasteiger partial charge in [0.15, 0.2) is 0 Å². The summed E-state index contributed by atoms with van der Waals surface area (Å²) in [5.41, 5.74) is -0.189. The maximum atomic E-state index is 13.5. The van der Waals surface area contributed by atoms with Crippen molar-refractivity contribution in [2.75, 3.05) is 10.6 Å². The molecule has 4 aromatic rings. The van der Waals surface area contributed by atoms with E-state index in [9.17, 15) is 27.6 Å². The first kappa shape index (κ1) is 33.6. The first-order chi connectivity index (χ1) is 21.4. The molecule has 4 rings (SSSR count). The van der Waals surface area contributed by atoms with E-state index in [0.717, 1.165) is 23.9 Å². The van der Waals surface area contributed by atoms with Gasteiger partial charge in [0.25, 0.3) is 11.8 Å². The molecular weight excluding hydrogens is 646 g/mol. The van der Waals surface area contributed by atoms with Gasteiger partial charge in [0.05, 0.1) is 16.5 Å². The summed E-state index contributed by atoms with van der Waals surface area (Å²) >= 11 is 13.0. The predicted octanol–water partition coefficient (Wildman–Crippen LogP) is 8.93. The van der Waals surface area contributed by atoms with Crippen molar-refractivity contribution in [2.45, 2.75) is 29.7 Å². The van der Waals surface area contributed by atoms with Crippen LogP contribution in [0.2, 0.25) is 10.0 Å². The van der Waals surface area contributed by atoms with Crippen LogP contribution in [0.25, 0.3) is 6.08 Å². The van der Waals surface area contributed by atoms with Crippen molar-refractivity contribution in [3.63, 3.8) is 0 Å². The van der Waals surface area contributed by atoms with Gasteiger partial charge in [-0.1, -0.05) is 66.5 Å². The van der Waals surface area contributed by atoms with Crippen molar-refractivity contribution < 1.29 is 27.6 Å². The lowest BCUT2D eigenvalue weighted by atomic mass is 10.1. The molecule has 232 valence electrons. The predicted molar refractivity (Wildman–Crippen MR) is 173 cm³/mol. The highest BCUT2D eigenvalue weighted by atomic mass is 35.5. The van der Waals surface area contributed by atoms with Crippen LogP contribution in [0.3, 0.4) is 0 Å². The fourth-order valence-corrected chi connectivity index (χ4v) is 5.49. The Morgan fingerprint density at radius 1 is 0.844 bits per heavy atom. The zero-order chi connectivity index (χ0) is 32.6. The molecule has 0 heterocycles. The Bertz CT molecular complexity index is 1730. The van der Waals surface area contributed by atoms with E-state index in [2.05, 4.69) is 16.0 Å². The van der Waals surface area contributed by atoms with Gasteiger partial charge < -0.3 is 16.0 Å². The summed E-state index contributed by atoms with van der Waals surface area (Å²) in [6.45, 7) is 1.73. The van der Waals surface area contributed by atoms with Gasteiger partial charge in [-0.2, -0.15) is 13.2 Å². The number of nitrogens with one attached hydrogen (secondary N) is 3. The molecule has 0 radical (unpaired) electrons. The minimum absolute atomic E-state index is 0.0431. The summed E-state index contributed by atoms with van der Waals surface area (Å²) in [5.74, 6) is -1.73. The van der Waals surface area contributed by atoms with Gasteiger partial charge in [-0.15, -0.1) is 11.8 Å². The van der Waals surface area contributed by atoms with E-state index in [0.29, 0.717) is 33.2 Å². The molecule has 0 aromatic heterocycles. The molecule has 6 nitrogen and oxygen atoms in total. The van der Waals surface area contributed by atoms with Gasteiger partial charge >= 0.3 is 6.18 Å². The second kappa shape index (κ2) is 15.2. The molecule has 1 atom stereocenters. The summed E-state index contributed by atoms with van der Waals surface area (Å²) in [5, 5.41) is 7.37. The summed E-state index contributed by atoms with van der Waals surface area (Å²) in [6.07, 6.45) is -2.92. The van der Waals surface area contributed by atoms with Crippen LogP contribution in [-0.2, 0) is 15.8 Å². The van der Waals surface area contributed by atoms with E-state index in [1.54, 1.807) is 85.8 Å². The van der Waals surface area contributed by atoms with Gasteiger partial charge in [0.1, 0.15) is 5.70 Å². The fourth-order valence-electron chi connectivity index (χ4n) is 4.11. The molecule has 0 saturated carbocycles. The second-order valence-electron chi connectivity index (χ2n) is 9.61. The zero-order valence-corrected chi connectivity index (χ0v) is 26.0. The quantitative estimate of drug-likeness (QED) is 0.116. The normalized spacial score (nSPS) is 12.3. The first-order valence-corrected chi connectivity index (χ1v) is 15.2. The molecule has 0 aliphatic rings. The van der Waals surface area contributed by atoms with E-state index in [4.69, 9.17) is 23.2 Å². The van der Waals surface area contributed by atoms with Crippen LogP contribution in [-0.4, -0.2) is 23.0 Å². The lowest BCUT2D eigenvalue weighted by molar-refractivity contribution is -0.137. The van der Waals surface area contributed by atoms with Gasteiger partial charge in [0.2, 0.25) is 5.91 Å². The molecular formula is C33H26Cl2F3N3O3S. The third-order valence-electron chi connectivity index (χ3n) is 6.27. The molecule has 45 heavy (non-hydrogen) atoms. The van der Waals surface area contributed by atoms with Gasteiger partial charge in [-0.05, 0) is 78.7 Å². The van der Waals surface area contributed by atoms with E-state index in [1.807, 2.05) is 0 Å². The molecule has 0 aliphatic carbocycles. The Morgan fingerprint density at radius 2 is 1.56 bits per heavy atom. The number of amides is 3. The molecule has 0 fully saturated rings. The molecule has 12 heteroatoms. The van der Waals surface area contributed by atoms with Crippen LogP contribution in [0.4, 0.5) is 24.5 Å². The number of carbonyl (C=O) groups is 3. The first-order valence-electron chi connectivity index (χ1n) is 13.5. The van der Waals surface area contributed by atoms with Crippen LogP contribution in [0.15, 0.2) is 108 Å². The maximum Gasteiger partial charge on any atom is 0.418 e. The molecule has 0 saturated heterocycles. The highest BCUT2D eigenvalue weighted by Gasteiger charge is 2.34. The summed E-state index contributed by atoms with van der Waals surface area (Å²) in [6, 6.07) is 24.9. The molecule has 3 N–H and O–H groups in total. The standard InChI is InChI=1S/C33H26Cl2F3N3O3S/c1-2-29(32(44)40-27-15-14-23(35)18-26(27)33(36,37)38)45-25-13-7-12-24(19-25)39-31(43)28(17-20-8-6-11-22(34)16-20)41-30(42)21-9-4-3-5-10-21/h3-19,29H,2H2,1H3,(H,39,43)(H,40,44)(H,41,42)/b28-17-. The lowest BCUT2D eigenvalue weighted by Gasteiger charge is -2.18. The number of alkyl halides is 3. The van der Waals surface area contributed by atoms with Crippen LogP contribution < -0.4 is 16.0 Å². The topological polar surface area (TPSA) is 87.3 Å². The second-order valence-corrected chi connectivity index (χ2v) is 11.8. The Morgan fingerprint density at radius 3 is 2.24 bits per heavy atom. The van der Waals surface area contributed by atoms with E-state index in [-0.39, 0.29) is 10.7 Å². The average molecular weight is 673 g/mol. The van der Waals surface area contributed by atoms with E-state index >= 15 is 0 Å². The van der Waals surface area contributed by atoms with E-state index in [1.165, 1.54) is 12.1 Å². The number of hydrogen-bond acceptors (Lipinski definition) is 4. The Balaban J connectivity index is 1.51. The number of anilines is 2. The molecule has 3 amide bonds. The zero-order valence-electron chi connectivity index (χ0n) is 23.6. The Labute approximate surface area is 272 Å². The Hall–Kier alpha value is -4.25. The lowest BCUT2D eigenvalue weighted by Crippen LogP contribution is -2.30. The third-order valence-corrected chi connectivity index (χ3v) is 8.10. The van der Waals surface area contributed by atoms with Crippen LogP contribution in [0.1, 0.15) is 34.8 Å². The summed E-state index contributed by atoms with van der Waals surface area (Å²) in [4.78, 5) is 39.9. The van der Waals surface area contributed by atoms with Crippen LogP contribution in [0, 0.1) is 0 Å². The summed E-state index contributed by atoms with van der Waals surface area (Å²) in [7, 11) is 0. The Kier molecular flexibility index (Phi) is 11.3. The van der Waals surface area contributed by atoms with E-state index < -0.39 is 40.4 Å². The number of halogens is 5. The largest absolute Gasteiger partial charge is 0.418 e. The number of benzene rings is 4. The minimum atomic E-state index is -4.71. The minimum Gasteiger partial charge on any atom is -0.325 e. The molecule has 0 aliphatic heterocycles. The van der Waals surface area contributed by atoms with Gasteiger partial charge in [-0.3, -0.25) is 14.4 Å². The molecule has 0 bridgehead atoms. The number of thioether (sulfide) groups is 1. The third kappa shape index (κ3) is 9.62. The highest BCUT2D eigenvalue weighted by molar-refractivity contribution is 8.00. The van der Waals surface area contributed by atoms with Crippen molar-refractivity contribution in [3.05, 3.63) is 129 Å². The highest BCUT2D eigenvalue weighted by Crippen LogP contribution is 2.37.